The molecule has 7 heteroatoms. The summed E-state index contributed by atoms with van der Waals surface area (Å²) in [5, 5.41) is 10.4. The van der Waals surface area contributed by atoms with Gasteiger partial charge >= 0.3 is 5.88 Å². The predicted octanol–water partition coefficient (Wildman–Crippen LogP) is 3.67. The van der Waals surface area contributed by atoms with Crippen LogP contribution in [-0.2, 0) is 6.61 Å². The minimum atomic E-state index is -0.628. The van der Waals surface area contributed by atoms with Crippen LogP contribution in [0.25, 0.3) is 0 Å². The molecule has 2 aromatic rings. The highest BCUT2D eigenvalue weighted by Gasteiger charge is 2.12. The molecule has 0 amide bonds. The van der Waals surface area contributed by atoms with Crippen molar-refractivity contribution < 1.29 is 18.5 Å². The molecule has 1 aromatic heterocycles. The van der Waals surface area contributed by atoms with Crippen molar-refractivity contribution in [3.63, 3.8) is 0 Å². The first-order chi connectivity index (χ1) is 8.56. The summed E-state index contributed by atoms with van der Waals surface area (Å²) in [7, 11) is 0. The van der Waals surface area contributed by atoms with Gasteiger partial charge in [-0.15, -0.1) is 0 Å². The number of halogens is 2. The molecule has 0 bridgehead atoms. The Morgan fingerprint density at radius 3 is 2.78 bits per heavy atom. The Labute approximate surface area is 109 Å². The summed E-state index contributed by atoms with van der Waals surface area (Å²) < 4.78 is 23.5. The topological polar surface area (TPSA) is 65.5 Å². The molecule has 0 aliphatic heterocycles. The number of hydrogen-bond donors (Lipinski definition) is 0. The fraction of sp³-hybridized carbons (Fsp3) is 0.0909. The molecule has 0 radical (unpaired) electrons. The molecule has 5 nitrogen and oxygen atoms in total. The molecule has 94 valence electrons. The molecule has 2 rings (SSSR count). The van der Waals surface area contributed by atoms with Crippen LogP contribution >= 0.6 is 15.9 Å². The van der Waals surface area contributed by atoms with Crippen LogP contribution in [0.1, 0.15) is 5.76 Å². The van der Waals surface area contributed by atoms with E-state index in [0.717, 1.165) is 0 Å². The van der Waals surface area contributed by atoms with Gasteiger partial charge in [-0.1, -0.05) is 0 Å². The molecule has 1 aromatic carbocycles. The largest absolute Gasteiger partial charge is 0.484 e. The molecule has 18 heavy (non-hydrogen) atoms. The summed E-state index contributed by atoms with van der Waals surface area (Å²) in [6, 6.07) is 6.68. The molecular weight excluding hydrogens is 309 g/mol. The molecule has 0 unspecified atom stereocenters. The van der Waals surface area contributed by atoms with E-state index in [1.54, 1.807) is 0 Å². The predicted molar refractivity (Wildman–Crippen MR) is 63.8 cm³/mol. The average Bonchev–Trinajstić information content (AvgIpc) is 2.76. The van der Waals surface area contributed by atoms with E-state index in [1.807, 2.05) is 0 Å². The van der Waals surface area contributed by atoms with Crippen molar-refractivity contribution >= 4 is 21.8 Å². The zero-order valence-electron chi connectivity index (χ0n) is 8.93. The maximum atomic E-state index is 12.8. The van der Waals surface area contributed by atoms with Crippen molar-refractivity contribution in [3.05, 3.63) is 56.5 Å². The third-order valence-electron chi connectivity index (χ3n) is 2.09. The van der Waals surface area contributed by atoms with Gasteiger partial charge in [0.25, 0.3) is 0 Å². The first-order valence-corrected chi connectivity index (χ1v) is 5.66. The Morgan fingerprint density at radius 1 is 1.39 bits per heavy atom. The van der Waals surface area contributed by atoms with Crippen molar-refractivity contribution in [2.24, 2.45) is 0 Å². The minimum Gasteiger partial charge on any atom is -0.484 e. The number of rotatable bonds is 4. The van der Waals surface area contributed by atoms with Crippen LogP contribution in [-0.4, -0.2) is 4.92 Å². The van der Waals surface area contributed by atoms with Crippen LogP contribution in [0.5, 0.6) is 5.75 Å². The molecule has 0 saturated carbocycles. The second-order valence-electron chi connectivity index (χ2n) is 3.36. The summed E-state index contributed by atoms with van der Waals surface area (Å²) in [6.45, 7) is 0.0259. The summed E-state index contributed by atoms with van der Waals surface area (Å²) in [5.74, 6) is 0.0167. The lowest BCUT2D eigenvalue weighted by atomic mass is 10.3. The van der Waals surface area contributed by atoms with Gasteiger partial charge in [0.05, 0.1) is 10.5 Å². The maximum absolute atomic E-state index is 12.8. The number of nitro groups is 1. The fourth-order valence-electron chi connectivity index (χ4n) is 1.28. The van der Waals surface area contributed by atoms with E-state index in [-0.39, 0.29) is 18.3 Å². The van der Waals surface area contributed by atoms with Gasteiger partial charge in [-0.2, -0.15) is 0 Å². The number of benzene rings is 1. The van der Waals surface area contributed by atoms with E-state index < -0.39 is 4.92 Å². The van der Waals surface area contributed by atoms with Gasteiger partial charge < -0.3 is 9.15 Å². The molecule has 0 atom stereocenters. The fourth-order valence-corrected chi connectivity index (χ4v) is 1.75. The van der Waals surface area contributed by atoms with E-state index >= 15 is 0 Å². The van der Waals surface area contributed by atoms with Crippen molar-refractivity contribution in [1.29, 1.82) is 0 Å². The molecule has 0 saturated heterocycles. The summed E-state index contributed by atoms with van der Waals surface area (Å²) in [4.78, 5) is 9.77. The second-order valence-corrected chi connectivity index (χ2v) is 4.21. The normalized spacial score (nSPS) is 10.3. The Morgan fingerprint density at radius 2 is 2.17 bits per heavy atom. The van der Waals surface area contributed by atoms with Crippen LogP contribution in [0.4, 0.5) is 10.3 Å². The van der Waals surface area contributed by atoms with Crippen molar-refractivity contribution in [2.45, 2.75) is 6.61 Å². The lowest BCUT2D eigenvalue weighted by Gasteiger charge is -2.05. The molecule has 0 fully saturated rings. The first kappa shape index (κ1) is 12.6. The highest BCUT2D eigenvalue weighted by atomic mass is 79.9. The molecular formula is C11H7BrFNO4. The zero-order valence-corrected chi connectivity index (χ0v) is 10.5. The molecule has 0 spiro atoms. The van der Waals surface area contributed by atoms with Gasteiger partial charge in [-0.25, -0.2) is 4.39 Å². The van der Waals surface area contributed by atoms with Crippen molar-refractivity contribution in [2.75, 3.05) is 0 Å². The van der Waals surface area contributed by atoms with Crippen molar-refractivity contribution in [3.8, 4) is 5.75 Å². The third-order valence-corrected chi connectivity index (χ3v) is 2.71. The van der Waals surface area contributed by atoms with E-state index in [4.69, 9.17) is 9.15 Å². The number of furan rings is 1. The third kappa shape index (κ3) is 2.86. The number of nitrogens with zero attached hydrogens (tertiary/aromatic N) is 1. The monoisotopic (exact) mass is 315 g/mol. The van der Waals surface area contributed by atoms with Gasteiger partial charge in [0, 0.05) is 0 Å². The minimum absolute atomic E-state index is 0.0259. The van der Waals surface area contributed by atoms with Gasteiger partial charge in [0.2, 0.25) is 0 Å². The van der Waals surface area contributed by atoms with Crippen LogP contribution in [0.3, 0.4) is 0 Å². The van der Waals surface area contributed by atoms with E-state index in [9.17, 15) is 14.5 Å². The average molecular weight is 316 g/mol. The SMILES string of the molecule is O=[N+]([O-])c1ccc(COc2ccc(F)cc2Br)o1. The van der Waals surface area contributed by atoms with E-state index in [0.29, 0.717) is 16.0 Å². The Balaban J connectivity index is 2.04. The van der Waals surface area contributed by atoms with Crippen LogP contribution in [0.15, 0.2) is 39.2 Å². The highest BCUT2D eigenvalue weighted by Crippen LogP contribution is 2.26. The highest BCUT2D eigenvalue weighted by molar-refractivity contribution is 9.10. The molecule has 0 aliphatic carbocycles. The zero-order chi connectivity index (χ0) is 13.1. The van der Waals surface area contributed by atoms with Crippen LogP contribution in [0, 0.1) is 15.9 Å². The number of ether oxygens (including phenoxy) is 1. The maximum Gasteiger partial charge on any atom is 0.433 e. The van der Waals surface area contributed by atoms with Gasteiger partial charge in [0.1, 0.15) is 28.9 Å². The second kappa shape index (κ2) is 5.18. The molecule has 0 aliphatic rings. The van der Waals surface area contributed by atoms with Gasteiger partial charge in [-0.3, -0.25) is 10.1 Å². The lowest BCUT2D eigenvalue weighted by Crippen LogP contribution is -1.95. The molecule has 0 N–H and O–H groups in total. The molecule has 1 heterocycles. The van der Waals surface area contributed by atoms with Gasteiger partial charge in [-0.05, 0) is 40.2 Å². The first-order valence-electron chi connectivity index (χ1n) is 4.87. The summed E-state index contributed by atoms with van der Waals surface area (Å²) in [6.07, 6.45) is 0. The standard InChI is InChI=1S/C11H7BrFNO4/c12-9-5-7(13)1-3-10(9)17-6-8-2-4-11(18-8)14(15)16/h1-5H,6H2. The van der Waals surface area contributed by atoms with Crippen LogP contribution in [0.2, 0.25) is 0 Å². The Kier molecular flexibility index (Phi) is 3.61. The van der Waals surface area contributed by atoms with Gasteiger partial charge in [0.15, 0.2) is 0 Å². The van der Waals surface area contributed by atoms with Crippen molar-refractivity contribution in [1.82, 2.24) is 0 Å². The van der Waals surface area contributed by atoms with E-state index in [2.05, 4.69) is 15.9 Å². The van der Waals surface area contributed by atoms with Crippen LogP contribution < -0.4 is 4.74 Å². The quantitative estimate of drug-likeness (QED) is 0.637. The van der Waals surface area contributed by atoms with E-state index in [1.165, 1.54) is 30.3 Å². The Bertz CT molecular complexity index is 584. The summed E-state index contributed by atoms with van der Waals surface area (Å²) >= 11 is 3.15. The number of hydrogen-bond acceptors (Lipinski definition) is 4. The Hall–Kier alpha value is -1.89. The smallest absolute Gasteiger partial charge is 0.433 e. The lowest BCUT2D eigenvalue weighted by molar-refractivity contribution is -0.402. The summed E-state index contributed by atoms with van der Waals surface area (Å²) in [5.41, 5.74) is 0.